The largest absolute Gasteiger partial charge is 0.126 e. The summed E-state index contributed by atoms with van der Waals surface area (Å²) in [6.07, 6.45) is 3.67. The van der Waals surface area contributed by atoms with Gasteiger partial charge in [0.2, 0.25) is 0 Å². The third-order valence-electron chi connectivity index (χ3n) is 2.01. The first-order valence-corrected chi connectivity index (χ1v) is 7.25. The summed E-state index contributed by atoms with van der Waals surface area (Å²) in [5.74, 6) is 1.21. The highest BCUT2D eigenvalue weighted by Gasteiger charge is 1.94. The molecule has 0 aliphatic heterocycles. The van der Waals surface area contributed by atoms with Crippen molar-refractivity contribution < 1.29 is 0 Å². The van der Waals surface area contributed by atoms with Crippen molar-refractivity contribution in [2.45, 2.75) is 31.1 Å². The Kier molecular flexibility index (Phi) is 6.37. The maximum absolute atomic E-state index is 3.44. The van der Waals surface area contributed by atoms with E-state index in [0.717, 1.165) is 5.33 Å². The number of alkyl halides is 1. The standard InChI is InChI=1S/C12H17BrS/c1-2-4-11-5-7-12(8-6-11)14-10-3-9-13/h5-8H,2-4,9-10H2,1H3. The van der Waals surface area contributed by atoms with Gasteiger partial charge in [0.1, 0.15) is 0 Å². The van der Waals surface area contributed by atoms with Crippen molar-refractivity contribution in [2.24, 2.45) is 0 Å². The molecular weight excluding hydrogens is 256 g/mol. The monoisotopic (exact) mass is 272 g/mol. The molecule has 0 aliphatic rings. The fourth-order valence-electron chi connectivity index (χ4n) is 1.29. The number of thioether (sulfide) groups is 1. The van der Waals surface area contributed by atoms with Gasteiger partial charge < -0.3 is 0 Å². The van der Waals surface area contributed by atoms with Crippen LogP contribution in [0.5, 0.6) is 0 Å². The first kappa shape index (κ1) is 12.1. The van der Waals surface area contributed by atoms with Crippen molar-refractivity contribution in [1.82, 2.24) is 0 Å². The zero-order valence-electron chi connectivity index (χ0n) is 8.63. The molecule has 0 aromatic heterocycles. The van der Waals surface area contributed by atoms with E-state index in [1.807, 2.05) is 11.8 Å². The Morgan fingerprint density at radius 3 is 2.50 bits per heavy atom. The average Bonchev–Trinajstić information content (AvgIpc) is 2.21. The number of hydrogen-bond acceptors (Lipinski definition) is 1. The minimum Gasteiger partial charge on any atom is -0.126 e. The van der Waals surface area contributed by atoms with Gasteiger partial charge in [-0.2, -0.15) is 0 Å². The van der Waals surface area contributed by atoms with Crippen molar-refractivity contribution in [1.29, 1.82) is 0 Å². The Hall–Kier alpha value is 0.0500. The Morgan fingerprint density at radius 1 is 1.21 bits per heavy atom. The van der Waals surface area contributed by atoms with Crippen LogP contribution in [0.2, 0.25) is 0 Å². The van der Waals surface area contributed by atoms with Crippen LogP contribution in [0.15, 0.2) is 29.2 Å². The van der Waals surface area contributed by atoms with Crippen LogP contribution in [0.4, 0.5) is 0 Å². The summed E-state index contributed by atoms with van der Waals surface area (Å²) < 4.78 is 0. The maximum atomic E-state index is 3.44. The predicted octanol–water partition coefficient (Wildman–Crippen LogP) is 4.52. The Morgan fingerprint density at radius 2 is 1.93 bits per heavy atom. The SMILES string of the molecule is CCCc1ccc(SCCCBr)cc1. The van der Waals surface area contributed by atoms with E-state index in [9.17, 15) is 0 Å². The van der Waals surface area contributed by atoms with Gasteiger partial charge in [-0.1, -0.05) is 41.4 Å². The van der Waals surface area contributed by atoms with Gasteiger partial charge in [-0.15, -0.1) is 11.8 Å². The molecule has 1 aromatic carbocycles. The van der Waals surface area contributed by atoms with Gasteiger partial charge >= 0.3 is 0 Å². The summed E-state index contributed by atoms with van der Waals surface area (Å²) in [7, 11) is 0. The molecule has 0 radical (unpaired) electrons. The quantitative estimate of drug-likeness (QED) is 0.417. The van der Waals surface area contributed by atoms with Gasteiger partial charge in [-0.05, 0) is 36.3 Å². The molecule has 0 amide bonds. The van der Waals surface area contributed by atoms with Crippen molar-refractivity contribution in [3.05, 3.63) is 29.8 Å². The van der Waals surface area contributed by atoms with E-state index in [0.29, 0.717) is 0 Å². The molecule has 0 unspecified atom stereocenters. The topological polar surface area (TPSA) is 0 Å². The number of aryl methyl sites for hydroxylation is 1. The van der Waals surface area contributed by atoms with E-state index < -0.39 is 0 Å². The van der Waals surface area contributed by atoms with Crippen molar-refractivity contribution in [3.8, 4) is 0 Å². The van der Waals surface area contributed by atoms with Crippen molar-refractivity contribution in [3.63, 3.8) is 0 Å². The molecule has 0 aliphatic carbocycles. The first-order valence-electron chi connectivity index (χ1n) is 5.14. The van der Waals surface area contributed by atoms with E-state index in [1.165, 1.54) is 35.5 Å². The normalized spacial score (nSPS) is 10.4. The minimum atomic E-state index is 1.11. The van der Waals surface area contributed by atoms with E-state index in [2.05, 4.69) is 47.1 Å². The Balaban J connectivity index is 2.38. The summed E-state index contributed by atoms with van der Waals surface area (Å²) in [6.45, 7) is 2.22. The third kappa shape index (κ3) is 4.52. The van der Waals surface area contributed by atoms with Crippen LogP contribution < -0.4 is 0 Å². The maximum Gasteiger partial charge on any atom is 0.00721 e. The molecule has 0 spiro atoms. The van der Waals surface area contributed by atoms with Crippen LogP contribution in [0.1, 0.15) is 25.3 Å². The summed E-state index contributed by atoms with van der Waals surface area (Å²) in [4.78, 5) is 1.39. The molecule has 0 heterocycles. The first-order chi connectivity index (χ1) is 6.86. The van der Waals surface area contributed by atoms with Gasteiger partial charge in [0.25, 0.3) is 0 Å². The molecule has 0 nitrogen and oxygen atoms in total. The molecule has 0 N–H and O–H groups in total. The second-order valence-electron chi connectivity index (χ2n) is 3.28. The molecule has 14 heavy (non-hydrogen) atoms. The second kappa shape index (κ2) is 7.36. The molecule has 1 rings (SSSR count). The summed E-state index contributed by atoms with van der Waals surface area (Å²) in [5.41, 5.74) is 1.46. The molecule has 0 saturated heterocycles. The zero-order chi connectivity index (χ0) is 10.2. The highest BCUT2D eigenvalue weighted by atomic mass is 79.9. The number of benzene rings is 1. The number of halogens is 1. The smallest absolute Gasteiger partial charge is 0.00721 e. The fraction of sp³-hybridized carbons (Fsp3) is 0.500. The Labute approximate surface area is 99.6 Å². The molecule has 0 bridgehead atoms. The van der Waals surface area contributed by atoms with Crippen molar-refractivity contribution >= 4 is 27.7 Å². The molecule has 2 heteroatoms. The van der Waals surface area contributed by atoms with Crippen LogP contribution >= 0.6 is 27.7 Å². The van der Waals surface area contributed by atoms with Crippen molar-refractivity contribution in [2.75, 3.05) is 11.1 Å². The van der Waals surface area contributed by atoms with Gasteiger partial charge in [0.05, 0.1) is 0 Å². The molecule has 0 atom stereocenters. The van der Waals surface area contributed by atoms with Crippen LogP contribution in [-0.2, 0) is 6.42 Å². The number of rotatable bonds is 6. The van der Waals surface area contributed by atoms with Gasteiger partial charge in [0, 0.05) is 10.2 Å². The average molecular weight is 273 g/mol. The van der Waals surface area contributed by atoms with E-state index in [1.54, 1.807) is 0 Å². The van der Waals surface area contributed by atoms with E-state index in [4.69, 9.17) is 0 Å². The highest BCUT2D eigenvalue weighted by molar-refractivity contribution is 9.09. The minimum absolute atomic E-state index is 1.11. The lowest BCUT2D eigenvalue weighted by molar-refractivity contribution is 0.920. The van der Waals surface area contributed by atoms with E-state index >= 15 is 0 Å². The molecule has 0 fully saturated rings. The summed E-state index contributed by atoms with van der Waals surface area (Å²) in [6, 6.07) is 8.98. The van der Waals surface area contributed by atoms with Gasteiger partial charge in [-0.3, -0.25) is 0 Å². The van der Waals surface area contributed by atoms with Gasteiger partial charge in [-0.25, -0.2) is 0 Å². The lowest BCUT2D eigenvalue weighted by Gasteiger charge is -2.02. The van der Waals surface area contributed by atoms with Crippen LogP contribution in [-0.4, -0.2) is 11.1 Å². The Bertz CT molecular complexity index is 243. The summed E-state index contributed by atoms with van der Waals surface area (Å²) >= 11 is 5.38. The lowest BCUT2D eigenvalue weighted by Crippen LogP contribution is -1.84. The third-order valence-corrected chi connectivity index (χ3v) is 3.67. The molecule has 78 valence electrons. The lowest BCUT2D eigenvalue weighted by atomic mass is 10.1. The van der Waals surface area contributed by atoms with Crippen LogP contribution in [0.25, 0.3) is 0 Å². The van der Waals surface area contributed by atoms with Crippen LogP contribution in [0.3, 0.4) is 0 Å². The zero-order valence-corrected chi connectivity index (χ0v) is 11.0. The van der Waals surface area contributed by atoms with E-state index in [-0.39, 0.29) is 0 Å². The number of hydrogen-bond donors (Lipinski definition) is 0. The summed E-state index contributed by atoms with van der Waals surface area (Å²) in [5, 5.41) is 1.11. The highest BCUT2D eigenvalue weighted by Crippen LogP contribution is 2.19. The van der Waals surface area contributed by atoms with Crippen LogP contribution in [0, 0.1) is 0 Å². The second-order valence-corrected chi connectivity index (χ2v) is 5.25. The molecular formula is C12H17BrS. The molecule has 0 saturated carbocycles. The fourth-order valence-corrected chi connectivity index (χ4v) is 2.79. The predicted molar refractivity (Wildman–Crippen MR) is 69.6 cm³/mol. The molecule has 1 aromatic rings. The van der Waals surface area contributed by atoms with Gasteiger partial charge in [0.15, 0.2) is 0 Å².